The summed E-state index contributed by atoms with van der Waals surface area (Å²) in [6, 6.07) is 4.44. The Labute approximate surface area is 106 Å². The zero-order chi connectivity index (χ0) is 12.1. The number of allylic oxidation sites excluding steroid dienone is 2. The molecule has 0 saturated heterocycles. The van der Waals surface area contributed by atoms with Gasteiger partial charge in [0.2, 0.25) is 0 Å². The van der Waals surface area contributed by atoms with Gasteiger partial charge in [-0.3, -0.25) is 4.79 Å². The van der Waals surface area contributed by atoms with Gasteiger partial charge in [-0.15, -0.1) is 0 Å². The minimum Gasteiger partial charge on any atom is -0.300 e. The Bertz CT molecular complexity index is 732. The van der Waals surface area contributed by atoms with Gasteiger partial charge >= 0.3 is 0 Å². The van der Waals surface area contributed by atoms with E-state index in [2.05, 4.69) is 42.5 Å². The summed E-state index contributed by atoms with van der Waals surface area (Å²) in [7, 11) is 0. The average molecular weight is 234 g/mol. The van der Waals surface area contributed by atoms with E-state index in [9.17, 15) is 4.79 Å². The molecule has 88 valence electrons. The first-order chi connectivity index (χ1) is 8.83. The van der Waals surface area contributed by atoms with E-state index < -0.39 is 0 Å². The summed E-state index contributed by atoms with van der Waals surface area (Å²) in [6.07, 6.45) is 13.2. The summed E-state index contributed by atoms with van der Waals surface area (Å²) in [5, 5.41) is 2.68. The summed E-state index contributed by atoms with van der Waals surface area (Å²) < 4.78 is 0. The summed E-state index contributed by atoms with van der Waals surface area (Å²) in [4.78, 5) is 11.6. The minimum absolute atomic E-state index is 0.353. The van der Waals surface area contributed by atoms with Crippen LogP contribution in [-0.2, 0) is 4.79 Å². The van der Waals surface area contributed by atoms with Crippen molar-refractivity contribution in [3.8, 4) is 0 Å². The molecule has 3 aliphatic carbocycles. The van der Waals surface area contributed by atoms with Crippen molar-refractivity contribution < 1.29 is 4.79 Å². The number of fused-ring (bicyclic) bond motifs is 4. The molecule has 1 saturated carbocycles. The highest BCUT2D eigenvalue weighted by atomic mass is 16.1. The molecule has 1 aromatic carbocycles. The van der Waals surface area contributed by atoms with Crippen LogP contribution in [0.3, 0.4) is 0 Å². The third-order valence-electron chi connectivity index (χ3n) is 4.27. The third-order valence-corrected chi connectivity index (χ3v) is 4.27. The van der Waals surface area contributed by atoms with Crippen LogP contribution in [0, 0.1) is 5.92 Å². The van der Waals surface area contributed by atoms with Crippen molar-refractivity contribution in [3.05, 3.63) is 45.8 Å². The second kappa shape index (κ2) is 3.55. The standard InChI is InChI=1S/C17H14O/c18-13-6-9-15-12(10-13)5-8-16-14-3-1-2-11(14)4-7-17(15)16/h1-5,7-8,12H,6,9-10H2. The van der Waals surface area contributed by atoms with Crippen LogP contribution in [0.1, 0.15) is 30.4 Å². The summed E-state index contributed by atoms with van der Waals surface area (Å²) >= 11 is 0. The molecule has 1 atom stereocenters. The number of ketones is 1. The van der Waals surface area contributed by atoms with Gasteiger partial charge < -0.3 is 0 Å². The van der Waals surface area contributed by atoms with Crippen LogP contribution >= 0.6 is 0 Å². The molecular weight excluding hydrogens is 220 g/mol. The van der Waals surface area contributed by atoms with Gasteiger partial charge in [-0.25, -0.2) is 0 Å². The van der Waals surface area contributed by atoms with E-state index >= 15 is 0 Å². The highest BCUT2D eigenvalue weighted by Crippen LogP contribution is 2.32. The van der Waals surface area contributed by atoms with E-state index in [0.29, 0.717) is 18.1 Å². The number of hydrogen-bond donors (Lipinski definition) is 0. The normalized spacial score (nSPS) is 23.4. The number of rotatable bonds is 0. The maximum absolute atomic E-state index is 11.6. The number of Topliss-reactive ketones (excluding diaryl/α,β-unsaturated/α-hetero) is 1. The van der Waals surface area contributed by atoms with E-state index in [4.69, 9.17) is 0 Å². The Kier molecular flexibility index (Phi) is 1.99. The zero-order valence-electron chi connectivity index (χ0n) is 10.1. The molecular formula is C17H14O. The molecule has 0 bridgehead atoms. The van der Waals surface area contributed by atoms with Crippen molar-refractivity contribution in [1.82, 2.24) is 0 Å². The molecule has 1 nitrogen and oxygen atoms in total. The van der Waals surface area contributed by atoms with Crippen LogP contribution in [0.15, 0.2) is 24.3 Å². The molecule has 18 heavy (non-hydrogen) atoms. The molecule has 1 aromatic rings. The highest BCUT2D eigenvalue weighted by Gasteiger charge is 2.25. The quantitative estimate of drug-likeness (QED) is 0.671. The van der Waals surface area contributed by atoms with Crippen LogP contribution in [0.25, 0.3) is 23.8 Å². The van der Waals surface area contributed by atoms with Crippen molar-refractivity contribution >= 4 is 29.6 Å². The number of hydrogen-bond acceptors (Lipinski definition) is 1. The van der Waals surface area contributed by atoms with E-state index in [0.717, 1.165) is 12.8 Å². The van der Waals surface area contributed by atoms with E-state index in [-0.39, 0.29) is 0 Å². The Morgan fingerprint density at radius 2 is 2.00 bits per heavy atom. The van der Waals surface area contributed by atoms with Crippen LogP contribution in [-0.4, -0.2) is 5.78 Å². The average Bonchev–Trinajstić information content (AvgIpc) is 2.86. The summed E-state index contributed by atoms with van der Waals surface area (Å²) in [5.41, 5.74) is 4.15. The first kappa shape index (κ1) is 10.1. The lowest BCUT2D eigenvalue weighted by atomic mass is 9.78. The zero-order valence-corrected chi connectivity index (χ0v) is 10.1. The van der Waals surface area contributed by atoms with Gasteiger partial charge in [0, 0.05) is 18.8 Å². The molecule has 0 N–H and O–H groups in total. The molecule has 0 spiro atoms. The predicted molar refractivity (Wildman–Crippen MR) is 74.0 cm³/mol. The second-order valence-corrected chi connectivity index (χ2v) is 5.29. The van der Waals surface area contributed by atoms with Gasteiger partial charge in [0.05, 0.1) is 0 Å². The van der Waals surface area contributed by atoms with E-state index in [1.54, 1.807) is 0 Å². The summed E-state index contributed by atoms with van der Waals surface area (Å²) in [5.74, 6) is 0.761. The maximum Gasteiger partial charge on any atom is 0.134 e. The number of carbonyl (C=O) groups excluding carboxylic acids is 1. The Balaban J connectivity index is 2.02. The Hall–Kier alpha value is -1.89. The van der Waals surface area contributed by atoms with Crippen LogP contribution in [0.4, 0.5) is 0 Å². The van der Waals surface area contributed by atoms with E-state index in [1.807, 2.05) is 0 Å². The molecule has 0 aromatic heterocycles. The highest BCUT2D eigenvalue weighted by molar-refractivity contribution is 5.87. The van der Waals surface area contributed by atoms with Crippen LogP contribution in [0.5, 0.6) is 0 Å². The fraction of sp³-hybridized carbons (Fsp3) is 0.235. The van der Waals surface area contributed by atoms with Crippen molar-refractivity contribution in [2.24, 2.45) is 5.92 Å². The van der Waals surface area contributed by atoms with E-state index in [1.165, 1.54) is 27.1 Å². The first-order valence-corrected chi connectivity index (χ1v) is 6.57. The lowest BCUT2D eigenvalue weighted by molar-refractivity contribution is -0.119. The van der Waals surface area contributed by atoms with Gasteiger partial charge in [-0.05, 0) is 28.0 Å². The van der Waals surface area contributed by atoms with Gasteiger partial charge in [0.1, 0.15) is 5.78 Å². The number of carbonyl (C=O) groups is 1. The fourth-order valence-corrected chi connectivity index (χ4v) is 3.35. The SMILES string of the molecule is O=C1CCC2=c3ccc4c(c3C=CC2C1)C=CC=4. The van der Waals surface area contributed by atoms with Crippen molar-refractivity contribution in [2.45, 2.75) is 19.3 Å². The molecule has 4 rings (SSSR count). The van der Waals surface area contributed by atoms with Crippen molar-refractivity contribution in [1.29, 1.82) is 0 Å². The minimum atomic E-state index is 0.353. The van der Waals surface area contributed by atoms with Gasteiger partial charge in [-0.2, -0.15) is 0 Å². The maximum atomic E-state index is 11.6. The largest absolute Gasteiger partial charge is 0.300 e. The topological polar surface area (TPSA) is 17.1 Å². The Morgan fingerprint density at radius 1 is 1.06 bits per heavy atom. The number of benzene rings is 1. The van der Waals surface area contributed by atoms with Gasteiger partial charge in [0.25, 0.3) is 0 Å². The van der Waals surface area contributed by atoms with Gasteiger partial charge in [0.15, 0.2) is 0 Å². The fourth-order valence-electron chi connectivity index (χ4n) is 3.35. The molecule has 0 aliphatic heterocycles. The third kappa shape index (κ3) is 1.30. The lowest BCUT2D eigenvalue weighted by Crippen LogP contribution is -2.27. The molecule has 1 heteroatoms. The van der Waals surface area contributed by atoms with Gasteiger partial charge in [-0.1, -0.05) is 48.1 Å². The molecule has 1 fully saturated rings. The molecule has 0 radical (unpaired) electrons. The smallest absolute Gasteiger partial charge is 0.134 e. The van der Waals surface area contributed by atoms with Crippen LogP contribution < -0.4 is 10.4 Å². The van der Waals surface area contributed by atoms with Crippen LogP contribution in [0.2, 0.25) is 0 Å². The lowest BCUT2D eigenvalue weighted by Gasteiger charge is -2.26. The monoisotopic (exact) mass is 234 g/mol. The van der Waals surface area contributed by atoms with Crippen molar-refractivity contribution in [2.75, 3.05) is 0 Å². The molecule has 0 heterocycles. The first-order valence-electron chi connectivity index (χ1n) is 6.57. The summed E-state index contributed by atoms with van der Waals surface area (Å²) in [6.45, 7) is 0. The van der Waals surface area contributed by atoms with Crippen molar-refractivity contribution in [3.63, 3.8) is 0 Å². The molecule has 0 amide bonds. The molecule has 1 unspecified atom stereocenters. The molecule has 3 aliphatic rings. The predicted octanol–water partition coefficient (Wildman–Crippen LogP) is 2.04. The second-order valence-electron chi connectivity index (χ2n) is 5.29. The Morgan fingerprint density at radius 3 is 2.94 bits per heavy atom.